The van der Waals surface area contributed by atoms with E-state index in [0.717, 1.165) is 29.4 Å². The maximum atomic E-state index is 13.9. The Morgan fingerprint density at radius 2 is 2.05 bits per heavy atom. The molecule has 2 unspecified atom stereocenters. The molecule has 20 heavy (non-hydrogen) atoms. The van der Waals surface area contributed by atoms with E-state index in [1.807, 2.05) is 29.1 Å². The minimum Gasteiger partial charge on any atom is -0.270 e. The summed E-state index contributed by atoms with van der Waals surface area (Å²) >= 11 is 3.49. The first kappa shape index (κ1) is 15.2. The van der Waals surface area contributed by atoms with Crippen molar-refractivity contribution < 1.29 is 4.39 Å². The molecule has 2 rings (SSSR count). The number of alkyl halides is 1. The molecule has 0 spiro atoms. The van der Waals surface area contributed by atoms with Gasteiger partial charge in [-0.1, -0.05) is 41.1 Å². The largest absolute Gasteiger partial charge is 0.270 e. The van der Waals surface area contributed by atoms with E-state index in [1.165, 1.54) is 6.07 Å². The zero-order valence-electron chi connectivity index (χ0n) is 11.9. The van der Waals surface area contributed by atoms with E-state index in [9.17, 15) is 4.39 Å². The second kappa shape index (κ2) is 7.02. The summed E-state index contributed by atoms with van der Waals surface area (Å²) in [6.45, 7) is 4.29. The topological polar surface area (TPSA) is 17.8 Å². The van der Waals surface area contributed by atoms with Gasteiger partial charge in [0.15, 0.2) is 0 Å². The van der Waals surface area contributed by atoms with Gasteiger partial charge in [-0.25, -0.2) is 4.39 Å². The molecule has 0 radical (unpaired) electrons. The van der Waals surface area contributed by atoms with Gasteiger partial charge >= 0.3 is 0 Å². The maximum absolute atomic E-state index is 13.9. The van der Waals surface area contributed by atoms with Crippen LogP contribution in [0.1, 0.15) is 43.5 Å². The number of hydrogen-bond acceptors (Lipinski definition) is 1. The van der Waals surface area contributed by atoms with Crippen LogP contribution in [0.15, 0.2) is 36.5 Å². The van der Waals surface area contributed by atoms with Crippen molar-refractivity contribution in [3.63, 3.8) is 0 Å². The fraction of sp³-hybridized carbons (Fsp3) is 0.438. The Morgan fingerprint density at radius 1 is 1.30 bits per heavy atom. The van der Waals surface area contributed by atoms with Crippen LogP contribution in [0.3, 0.4) is 0 Å². The molecular weight excluding hydrogens is 319 g/mol. The average Bonchev–Trinajstić information content (AvgIpc) is 2.93. The lowest BCUT2D eigenvalue weighted by atomic mass is 9.96. The van der Waals surface area contributed by atoms with Gasteiger partial charge in [0.05, 0.1) is 5.69 Å². The van der Waals surface area contributed by atoms with Crippen LogP contribution in [-0.2, 0) is 6.42 Å². The summed E-state index contributed by atoms with van der Waals surface area (Å²) in [6.07, 6.45) is 3.81. The molecule has 0 saturated heterocycles. The first-order chi connectivity index (χ1) is 9.65. The minimum absolute atomic E-state index is 0.108. The molecule has 2 atom stereocenters. The summed E-state index contributed by atoms with van der Waals surface area (Å²) in [5, 5.41) is 5.32. The molecule has 0 N–H and O–H groups in total. The van der Waals surface area contributed by atoms with E-state index in [1.54, 1.807) is 6.07 Å². The van der Waals surface area contributed by atoms with E-state index >= 15 is 0 Å². The number of benzene rings is 1. The van der Waals surface area contributed by atoms with E-state index < -0.39 is 0 Å². The third-order valence-electron chi connectivity index (χ3n) is 3.69. The van der Waals surface area contributed by atoms with Crippen molar-refractivity contribution >= 4 is 15.9 Å². The van der Waals surface area contributed by atoms with Crippen LogP contribution in [0.5, 0.6) is 0 Å². The van der Waals surface area contributed by atoms with Crippen LogP contribution in [-0.4, -0.2) is 15.1 Å². The highest BCUT2D eigenvalue weighted by molar-refractivity contribution is 9.09. The third kappa shape index (κ3) is 3.48. The summed E-state index contributed by atoms with van der Waals surface area (Å²) in [5.74, 6) is -0.0326. The van der Waals surface area contributed by atoms with Crippen molar-refractivity contribution in [1.82, 2.24) is 9.78 Å². The number of halogens is 2. The van der Waals surface area contributed by atoms with Crippen LogP contribution in [0.25, 0.3) is 0 Å². The van der Waals surface area contributed by atoms with Gasteiger partial charge < -0.3 is 0 Å². The van der Waals surface area contributed by atoms with E-state index in [2.05, 4.69) is 34.9 Å². The van der Waals surface area contributed by atoms with Gasteiger partial charge in [0.1, 0.15) is 5.82 Å². The van der Waals surface area contributed by atoms with Crippen LogP contribution < -0.4 is 0 Å². The van der Waals surface area contributed by atoms with Gasteiger partial charge in [0, 0.05) is 23.5 Å². The molecule has 0 saturated carbocycles. The molecule has 4 heteroatoms. The first-order valence-corrected chi connectivity index (χ1v) is 8.12. The van der Waals surface area contributed by atoms with Crippen molar-refractivity contribution in [2.75, 3.05) is 5.33 Å². The van der Waals surface area contributed by atoms with E-state index in [4.69, 9.17) is 0 Å². The Hall–Kier alpha value is -1.16. The van der Waals surface area contributed by atoms with Crippen LogP contribution in [0.2, 0.25) is 0 Å². The SMILES string of the molecule is CCC(C)n1ccc(CC(CBr)c2ccccc2F)n1. The molecule has 108 valence electrons. The monoisotopic (exact) mass is 338 g/mol. The minimum atomic E-state index is -0.140. The van der Waals surface area contributed by atoms with Crippen LogP contribution in [0, 0.1) is 5.82 Å². The molecule has 1 aromatic carbocycles. The second-order valence-electron chi connectivity index (χ2n) is 5.12. The highest BCUT2D eigenvalue weighted by Crippen LogP contribution is 2.25. The summed E-state index contributed by atoms with van der Waals surface area (Å²) in [4.78, 5) is 0. The summed E-state index contributed by atoms with van der Waals surface area (Å²) < 4.78 is 15.9. The first-order valence-electron chi connectivity index (χ1n) is 7.00. The lowest BCUT2D eigenvalue weighted by Crippen LogP contribution is -2.09. The zero-order valence-corrected chi connectivity index (χ0v) is 13.5. The molecule has 1 heterocycles. The molecule has 0 fully saturated rings. The Bertz CT molecular complexity index is 553. The number of rotatable bonds is 6. The molecule has 0 amide bonds. The molecule has 0 bridgehead atoms. The Balaban J connectivity index is 2.15. The van der Waals surface area contributed by atoms with E-state index in [-0.39, 0.29) is 11.7 Å². The molecule has 0 aliphatic carbocycles. The number of nitrogens with zero attached hydrogens (tertiary/aromatic N) is 2. The van der Waals surface area contributed by atoms with Gasteiger partial charge in [0.2, 0.25) is 0 Å². The van der Waals surface area contributed by atoms with Crippen molar-refractivity contribution in [1.29, 1.82) is 0 Å². The van der Waals surface area contributed by atoms with Gasteiger partial charge in [-0.15, -0.1) is 0 Å². The predicted molar refractivity (Wildman–Crippen MR) is 83.9 cm³/mol. The highest BCUT2D eigenvalue weighted by atomic mass is 79.9. The Morgan fingerprint density at radius 3 is 2.70 bits per heavy atom. The van der Waals surface area contributed by atoms with E-state index in [0.29, 0.717) is 6.04 Å². The number of hydrogen-bond donors (Lipinski definition) is 0. The van der Waals surface area contributed by atoms with Crippen molar-refractivity contribution in [2.24, 2.45) is 0 Å². The summed E-state index contributed by atoms with van der Waals surface area (Å²) in [5.41, 5.74) is 1.76. The van der Waals surface area contributed by atoms with Crippen LogP contribution in [0.4, 0.5) is 4.39 Å². The zero-order chi connectivity index (χ0) is 14.5. The Kier molecular flexibility index (Phi) is 5.35. The average molecular weight is 339 g/mol. The standard InChI is InChI=1S/C16H20BrFN2/c1-3-12(2)20-9-8-14(19-20)10-13(11-17)15-6-4-5-7-16(15)18/h4-9,12-13H,3,10-11H2,1-2H3. The predicted octanol–water partition coefficient (Wildman–Crippen LogP) is 4.71. The molecule has 0 aliphatic rings. The molecule has 1 aromatic heterocycles. The fourth-order valence-corrected chi connectivity index (χ4v) is 2.80. The van der Waals surface area contributed by atoms with Crippen molar-refractivity contribution in [2.45, 2.75) is 38.6 Å². The maximum Gasteiger partial charge on any atom is 0.126 e. The Labute approximate surface area is 128 Å². The molecule has 2 aromatic rings. The molecular formula is C16H20BrFN2. The summed E-state index contributed by atoms with van der Waals surface area (Å²) in [7, 11) is 0. The van der Waals surface area contributed by atoms with Gasteiger partial charge in [-0.3, -0.25) is 4.68 Å². The van der Waals surface area contributed by atoms with Crippen LogP contribution >= 0.6 is 15.9 Å². The molecule has 0 aliphatic heterocycles. The molecule has 2 nitrogen and oxygen atoms in total. The summed E-state index contributed by atoms with van der Waals surface area (Å²) in [6, 6.07) is 9.41. The fourth-order valence-electron chi connectivity index (χ4n) is 2.23. The lowest BCUT2D eigenvalue weighted by Gasteiger charge is -2.14. The smallest absolute Gasteiger partial charge is 0.126 e. The number of aromatic nitrogens is 2. The van der Waals surface area contributed by atoms with Gasteiger partial charge in [0.25, 0.3) is 0 Å². The third-order valence-corrected chi connectivity index (χ3v) is 4.47. The van der Waals surface area contributed by atoms with Gasteiger partial charge in [-0.05, 0) is 37.5 Å². The second-order valence-corrected chi connectivity index (χ2v) is 5.77. The highest BCUT2D eigenvalue weighted by Gasteiger charge is 2.16. The lowest BCUT2D eigenvalue weighted by molar-refractivity contribution is 0.472. The quantitative estimate of drug-likeness (QED) is 0.697. The normalized spacial score (nSPS) is 14.2. The van der Waals surface area contributed by atoms with Crippen molar-refractivity contribution in [3.05, 3.63) is 53.6 Å². The van der Waals surface area contributed by atoms with Crippen molar-refractivity contribution in [3.8, 4) is 0 Å². The van der Waals surface area contributed by atoms with Gasteiger partial charge in [-0.2, -0.15) is 5.10 Å².